The molecule has 21 heavy (non-hydrogen) atoms. The minimum atomic E-state index is 0.227. The third kappa shape index (κ3) is 3.28. The number of benzene rings is 2. The van der Waals surface area contributed by atoms with Gasteiger partial charge in [-0.1, -0.05) is 36.2 Å². The summed E-state index contributed by atoms with van der Waals surface area (Å²) in [6, 6.07) is 12.2. The highest BCUT2D eigenvalue weighted by Gasteiger charge is 2.16. The first-order valence-corrected chi connectivity index (χ1v) is 7.89. The average molecular weight is 322 g/mol. The van der Waals surface area contributed by atoms with E-state index in [1.165, 1.54) is 11.1 Å². The van der Waals surface area contributed by atoms with Gasteiger partial charge in [-0.2, -0.15) is 0 Å². The number of anilines is 1. The Bertz CT molecular complexity index is 637. The summed E-state index contributed by atoms with van der Waals surface area (Å²) < 4.78 is 5.56. The molecule has 0 saturated carbocycles. The van der Waals surface area contributed by atoms with Crippen molar-refractivity contribution < 1.29 is 4.74 Å². The lowest BCUT2D eigenvalue weighted by Crippen LogP contribution is -2.10. The highest BCUT2D eigenvalue weighted by atomic mass is 35.5. The van der Waals surface area contributed by atoms with Crippen LogP contribution in [0.3, 0.4) is 0 Å². The molecular formula is C17H17Cl2NO. The maximum Gasteiger partial charge on any atom is 0.122 e. The van der Waals surface area contributed by atoms with E-state index in [1.807, 2.05) is 12.1 Å². The van der Waals surface area contributed by atoms with Gasteiger partial charge in [0.1, 0.15) is 5.75 Å². The molecule has 1 unspecified atom stereocenters. The highest BCUT2D eigenvalue weighted by Crippen LogP contribution is 2.32. The molecule has 1 aliphatic heterocycles. The van der Waals surface area contributed by atoms with Crippen LogP contribution in [0.25, 0.3) is 0 Å². The lowest BCUT2D eigenvalue weighted by Gasteiger charge is -2.20. The second-order valence-corrected chi connectivity index (χ2v) is 6.10. The van der Waals surface area contributed by atoms with Crippen LogP contribution in [0.4, 0.5) is 5.69 Å². The van der Waals surface area contributed by atoms with Gasteiger partial charge in [-0.25, -0.2) is 0 Å². The molecule has 1 N–H and O–H groups in total. The smallest absolute Gasteiger partial charge is 0.122 e. The van der Waals surface area contributed by atoms with Crippen molar-refractivity contribution in [3.05, 3.63) is 57.6 Å². The molecule has 1 aliphatic rings. The molecule has 0 aromatic heterocycles. The number of hydrogen-bond acceptors (Lipinski definition) is 2. The molecule has 0 aliphatic carbocycles. The van der Waals surface area contributed by atoms with Gasteiger partial charge < -0.3 is 10.1 Å². The molecule has 1 atom stereocenters. The van der Waals surface area contributed by atoms with Crippen LogP contribution in [0, 0.1) is 0 Å². The van der Waals surface area contributed by atoms with E-state index in [1.54, 1.807) is 6.07 Å². The number of fused-ring (bicyclic) bond motifs is 1. The molecule has 3 rings (SSSR count). The molecule has 0 spiro atoms. The molecule has 1 heterocycles. The Morgan fingerprint density at radius 3 is 2.62 bits per heavy atom. The average Bonchev–Trinajstić information content (AvgIpc) is 2.91. The molecule has 2 aromatic carbocycles. The molecular weight excluding hydrogens is 305 g/mol. The Hall–Kier alpha value is -1.38. The Morgan fingerprint density at radius 1 is 1.14 bits per heavy atom. The summed E-state index contributed by atoms with van der Waals surface area (Å²) in [5.74, 6) is 1.01. The number of rotatable bonds is 4. The summed E-state index contributed by atoms with van der Waals surface area (Å²) in [6.07, 6.45) is 1.96. The van der Waals surface area contributed by atoms with E-state index in [-0.39, 0.29) is 6.04 Å². The van der Waals surface area contributed by atoms with Crippen molar-refractivity contribution in [3.8, 4) is 5.75 Å². The third-order valence-electron chi connectivity index (χ3n) is 3.73. The van der Waals surface area contributed by atoms with Crippen LogP contribution in [-0.2, 0) is 6.42 Å². The maximum atomic E-state index is 6.06. The zero-order valence-corrected chi connectivity index (χ0v) is 13.3. The fourth-order valence-corrected chi connectivity index (χ4v) is 3.21. The minimum absolute atomic E-state index is 0.227. The van der Waals surface area contributed by atoms with Crippen molar-refractivity contribution >= 4 is 28.9 Å². The Balaban J connectivity index is 1.84. The normalized spacial score (nSPS) is 14.4. The van der Waals surface area contributed by atoms with Gasteiger partial charge in [-0.3, -0.25) is 0 Å². The Kier molecular flexibility index (Phi) is 4.27. The molecule has 0 fully saturated rings. The summed E-state index contributed by atoms with van der Waals surface area (Å²) >= 11 is 12.1. The Morgan fingerprint density at radius 2 is 1.90 bits per heavy atom. The summed E-state index contributed by atoms with van der Waals surface area (Å²) in [4.78, 5) is 0. The van der Waals surface area contributed by atoms with E-state index in [9.17, 15) is 0 Å². The van der Waals surface area contributed by atoms with Crippen molar-refractivity contribution in [3.63, 3.8) is 0 Å². The number of nitrogens with one attached hydrogen (secondary N) is 1. The summed E-state index contributed by atoms with van der Waals surface area (Å²) in [7, 11) is 0. The van der Waals surface area contributed by atoms with Crippen molar-refractivity contribution in [2.75, 3.05) is 11.9 Å². The van der Waals surface area contributed by atoms with Crippen molar-refractivity contribution in [2.45, 2.75) is 25.8 Å². The van der Waals surface area contributed by atoms with Crippen LogP contribution in [0.2, 0.25) is 10.0 Å². The molecule has 2 aromatic rings. The van der Waals surface area contributed by atoms with Gasteiger partial charge in [0.15, 0.2) is 0 Å². The Labute approximate surface area is 135 Å². The number of hydrogen-bond donors (Lipinski definition) is 1. The van der Waals surface area contributed by atoms with E-state index in [0.717, 1.165) is 30.9 Å². The lowest BCUT2D eigenvalue weighted by molar-refractivity contribution is 0.357. The number of ether oxygens (including phenoxy) is 1. The van der Waals surface area contributed by atoms with Gasteiger partial charge in [-0.15, -0.1) is 0 Å². The first kappa shape index (κ1) is 14.6. The van der Waals surface area contributed by atoms with Gasteiger partial charge >= 0.3 is 0 Å². The van der Waals surface area contributed by atoms with Crippen LogP contribution in [0.1, 0.15) is 30.5 Å². The molecule has 0 amide bonds. The van der Waals surface area contributed by atoms with Gasteiger partial charge in [-0.05, 0) is 47.9 Å². The van der Waals surface area contributed by atoms with Crippen molar-refractivity contribution in [2.24, 2.45) is 0 Å². The standard InChI is InChI=1S/C17H17Cl2NO/c1-2-16(20-15-9-13(18)8-14(19)10-15)11-3-4-17-12(7-11)5-6-21-17/h3-4,7-10,16,20H,2,5-6H2,1H3. The molecule has 0 bridgehead atoms. The van der Waals surface area contributed by atoms with Crippen LogP contribution in [-0.4, -0.2) is 6.61 Å². The SMILES string of the molecule is CCC(Nc1cc(Cl)cc(Cl)c1)c1ccc2c(c1)CCO2. The third-order valence-corrected chi connectivity index (χ3v) is 4.16. The summed E-state index contributed by atoms with van der Waals surface area (Å²) in [5, 5.41) is 4.79. The fourth-order valence-electron chi connectivity index (χ4n) is 2.68. The van der Waals surface area contributed by atoms with Crippen LogP contribution in [0.15, 0.2) is 36.4 Å². The summed E-state index contributed by atoms with van der Waals surface area (Å²) in [5.41, 5.74) is 3.49. The van der Waals surface area contributed by atoms with Crippen LogP contribution < -0.4 is 10.1 Å². The first-order chi connectivity index (χ1) is 10.2. The summed E-state index contributed by atoms with van der Waals surface area (Å²) in [6.45, 7) is 2.94. The van der Waals surface area contributed by atoms with Crippen LogP contribution in [0.5, 0.6) is 5.75 Å². The second kappa shape index (κ2) is 6.17. The first-order valence-electron chi connectivity index (χ1n) is 7.14. The minimum Gasteiger partial charge on any atom is -0.493 e. The van der Waals surface area contributed by atoms with Gasteiger partial charge in [0.25, 0.3) is 0 Å². The van der Waals surface area contributed by atoms with E-state index in [4.69, 9.17) is 27.9 Å². The fraction of sp³-hybridized carbons (Fsp3) is 0.294. The predicted octanol–water partition coefficient (Wildman–Crippen LogP) is 5.49. The molecule has 2 nitrogen and oxygen atoms in total. The predicted molar refractivity (Wildman–Crippen MR) is 88.8 cm³/mol. The quantitative estimate of drug-likeness (QED) is 0.803. The van der Waals surface area contributed by atoms with E-state index in [0.29, 0.717) is 10.0 Å². The van der Waals surface area contributed by atoms with Gasteiger partial charge in [0, 0.05) is 22.2 Å². The van der Waals surface area contributed by atoms with Crippen LogP contribution >= 0.6 is 23.2 Å². The van der Waals surface area contributed by atoms with Gasteiger partial charge in [0.05, 0.1) is 12.6 Å². The van der Waals surface area contributed by atoms with E-state index >= 15 is 0 Å². The van der Waals surface area contributed by atoms with Crippen molar-refractivity contribution in [1.82, 2.24) is 0 Å². The largest absolute Gasteiger partial charge is 0.493 e. The topological polar surface area (TPSA) is 21.3 Å². The second-order valence-electron chi connectivity index (χ2n) is 5.23. The zero-order chi connectivity index (χ0) is 14.8. The monoisotopic (exact) mass is 321 g/mol. The molecule has 0 radical (unpaired) electrons. The van der Waals surface area contributed by atoms with E-state index < -0.39 is 0 Å². The lowest BCUT2D eigenvalue weighted by atomic mass is 10.0. The molecule has 4 heteroatoms. The number of halogens is 2. The highest BCUT2D eigenvalue weighted by molar-refractivity contribution is 6.35. The zero-order valence-electron chi connectivity index (χ0n) is 11.8. The molecule has 110 valence electrons. The van der Waals surface area contributed by atoms with Crippen molar-refractivity contribution in [1.29, 1.82) is 0 Å². The maximum absolute atomic E-state index is 6.06. The van der Waals surface area contributed by atoms with E-state index in [2.05, 4.69) is 30.4 Å². The molecule has 0 saturated heterocycles. The van der Waals surface area contributed by atoms with Gasteiger partial charge in [0.2, 0.25) is 0 Å².